The monoisotopic (exact) mass is 253 g/mol. The van der Waals surface area contributed by atoms with Crippen LogP contribution in [0.1, 0.15) is 45.8 Å². The van der Waals surface area contributed by atoms with Crippen molar-refractivity contribution >= 4 is 5.69 Å². The predicted molar refractivity (Wildman–Crippen MR) is 74.4 cm³/mol. The van der Waals surface area contributed by atoms with Crippen molar-refractivity contribution in [1.29, 1.82) is 0 Å². The molecule has 1 aromatic rings. The van der Waals surface area contributed by atoms with Crippen LogP contribution in [0.15, 0.2) is 18.2 Å². The van der Waals surface area contributed by atoms with Crippen molar-refractivity contribution in [3.05, 3.63) is 29.6 Å². The first-order chi connectivity index (χ1) is 8.51. The van der Waals surface area contributed by atoms with Gasteiger partial charge in [-0.1, -0.05) is 32.4 Å². The summed E-state index contributed by atoms with van der Waals surface area (Å²) in [6.45, 7) is 9.54. The van der Waals surface area contributed by atoms with Crippen LogP contribution in [-0.2, 0) is 0 Å². The highest BCUT2D eigenvalue weighted by molar-refractivity contribution is 5.55. The number of halogens is 1. The maximum absolute atomic E-state index is 14.0. The fourth-order valence-electron chi connectivity index (χ4n) is 2.09. The first kappa shape index (κ1) is 15.0. The summed E-state index contributed by atoms with van der Waals surface area (Å²) in [6.07, 6.45) is 0.413. The molecule has 2 unspecified atom stereocenters. The molecule has 0 aliphatic carbocycles. The van der Waals surface area contributed by atoms with Gasteiger partial charge < -0.3 is 10.0 Å². The Bertz CT molecular complexity index is 379. The number of para-hydroxylation sites is 1. The topological polar surface area (TPSA) is 23.5 Å². The molecule has 18 heavy (non-hydrogen) atoms. The highest BCUT2D eigenvalue weighted by Crippen LogP contribution is 2.30. The van der Waals surface area contributed by atoms with Crippen molar-refractivity contribution in [2.24, 2.45) is 5.92 Å². The van der Waals surface area contributed by atoms with Gasteiger partial charge in [-0.25, -0.2) is 4.39 Å². The molecule has 0 bridgehead atoms. The number of nitrogens with zero attached hydrogens (tertiary/aromatic N) is 1. The third kappa shape index (κ3) is 3.45. The molecule has 0 amide bonds. The van der Waals surface area contributed by atoms with E-state index in [0.29, 0.717) is 17.2 Å². The van der Waals surface area contributed by atoms with E-state index in [2.05, 4.69) is 13.8 Å². The van der Waals surface area contributed by atoms with E-state index in [1.807, 2.05) is 11.8 Å². The molecule has 0 saturated heterocycles. The number of aliphatic hydroxyl groups excluding tert-OH is 1. The lowest BCUT2D eigenvalue weighted by Crippen LogP contribution is -2.30. The molecule has 0 radical (unpaired) electrons. The van der Waals surface area contributed by atoms with E-state index in [4.69, 9.17) is 0 Å². The summed E-state index contributed by atoms with van der Waals surface area (Å²) >= 11 is 0. The third-order valence-corrected chi connectivity index (χ3v) is 3.40. The molecule has 0 spiro atoms. The molecule has 0 aromatic heterocycles. The molecule has 0 aliphatic rings. The lowest BCUT2D eigenvalue weighted by atomic mass is 10.0. The second-order valence-electron chi connectivity index (χ2n) is 4.91. The van der Waals surface area contributed by atoms with E-state index >= 15 is 0 Å². The van der Waals surface area contributed by atoms with Crippen LogP contribution >= 0.6 is 0 Å². The largest absolute Gasteiger partial charge is 0.389 e. The normalized spacial score (nSPS) is 14.3. The van der Waals surface area contributed by atoms with Gasteiger partial charge in [0, 0.05) is 18.7 Å². The van der Waals surface area contributed by atoms with E-state index in [-0.39, 0.29) is 5.82 Å². The summed E-state index contributed by atoms with van der Waals surface area (Å²) in [5.74, 6) is 0.255. The van der Waals surface area contributed by atoms with Gasteiger partial charge in [0.05, 0.1) is 11.8 Å². The van der Waals surface area contributed by atoms with Crippen molar-refractivity contribution in [3.63, 3.8) is 0 Å². The Morgan fingerprint density at radius 3 is 2.44 bits per heavy atom. The van der Waals surface area contributed by atoms with Gasteiger partial charge >= 0.3 is 0 Å². The number of anilines is 1. The number of rotatable bonds is 6. The van der Waals surface area contributed by atoms with Gasteiger partial charge in [0.25, 0.3) is 0 Å². The van der Waals surface area contributed by atoms with E-state index in [9.17, 15) is 9.50 Å². The average molecular weight is 253 g/mol. The van der Waals surface area contributed by atoms with Crippen LogP contribution in [0.25, 0.3) is 0 Å². The quantitative estimate of drug-likeness (QED) is 0.834. The molecular formula is C15H24FNO. The van der Waals surface area contributed by atoms with Gasteiger partial charge in [-0.15, -0.1) is 0 Å². The lowest BCUT2D eigenvalue weighted by Gasteiger charge is -2.29. The van der Waals surface area contributed by atoms with E-state index in [1.165, 1.54) is 6.07 Å². The van der Waals surface area contributed by atoms with E-state index in [1.54, 1.807) is 19.1 Å². The Morgan fingerprint density at radius 1 is 1.28 bits per heavy atom. The van der Waals surface area contributed by atoms with Crippen LogP contribution < -0.4 is 4.90 Å². The van der Waals surface area contributed by atoms with Gasteiger partial charge in [-0.05, 0) is 25.8 Å². The van der Waals surface area contributed by atoms with Crippen LogP contribution in [0, 0.1) is 11.7 Å². The van der Waals surface area contributed by atoms with Crippen molar-refractivity contribution < 1.29 is 9.50 Å². The van der Waals surface area contributed by atoms with Gasteiger partial charge in [-0.3, -0.25) is 0 Å². The predicted octanol–water partition coefficient (Wildman–Crippen LogP) is 3.75. The molecule has 1 N–H and O–H groups in total. The van der Waals surface area contributed by atoms with Gasteiger partial charge in [-0.2, -0.15) is 0 Å². The summed E-state index contributed by atoms with van der Waals surface area (Å²) in [5.41, 5.74) is 1.22. The minimum atomic E-state index is -0.651. The summed E-state index contributed by atoms with van der Waals surface area (Å²) in [6, 6.07) is 4.90. The Kier molecular flexibility index (Phi) is 5.60. The van der Waals surface area contributed by atoms with Crippen LogP contribution in [0.3, 0.4) is 0 Å². The lowest BCUT2D eigenvalue weighted by molar-refractivity contribution is 0.199. The van der Waals surface area contributed by atoms with Crippen molar-refractivity contribution in [2.45, 2.75) is 40.2 Å². The fraction of sp³-hybridized carbons (Fsp3) is 0.600. The van der Waals surface area contributed by atoms with Gasteiger partial charge in [0.2, 0.25) is 0 Å². The zero-order valence-electron chi connectivity index (χ0n) is 11.8. The molecule has 1 rings (SSSR count). The molecule has 0 saturated carbocycles. The summed E-state index contributed by atoms with van der Waals surface area (Å²) in [7, 11) is 0. The van der Waals surface area contributed by atoms with Crippen molar-refractivity contribution in [2.75, 3.05) is 18.0 Å². The molecule has 0 aliphatic heterocycles. The van der Waals surface area contributed by atoms with E-state index in [0.717, 1.165) is 19.5 Å². The van der Waals surface area contributed by atoms with Crippen molar-refractivity contribution in [3.8, 4) is 0 Å². The molecule has 0 heterocycles. The Morgan fingerprint density at radius 2 is 1.94 bits per heavy atom. The highest BCUT2D eigenvalue weighted by atomic mass is 19.1. The second-order valence-corrected chi connectivity index (χ2v) is 4.91. The fourth-order valence-corrected chi connectivity index (χ4v) is 2.09. The second kappa shape index (κ2) is 6.74. The SMILES string of the molecule is CCC(C)CN(CC)c1c(F)cccc1C(C)O. The molecule has 2 atom stereocenters. The maximum Gasteiger partial charge on any atom is 0.146 e. The first-order valence-electron chi connectivity index (χ1n) is 6.72. The molecule has 102 valence electrons. The highest BCUT2D eigenvalue weighted by Gasteiger charge is 2.18. The number of benzene rings is 1. The third-order valence-electron chi connectivity index (χ3n) is 3.40. The van der Waals surface area contributed by atoms with Gasteiger partial charge in [0.15, 0.2) is 0 Å². The minimum absolute atomic E-state index is 0.251. The zero-order chi connectivity index (χ0) is 13.7. The summed E-state index contributed by atoms with van der Waals surface area (Å²) in [4.78, 5) is 2.02. The Labute approximate surface area is 109 Å². The van der Waals surface area contributed by atoms with Crippen LogP contribution in [-0.4, -0.2) is 18.2 Å². The molecule has 1 aromatic carbocycles. The van der Waals surface area contributed by atoms with E-state index < -0.39 is 6.10 Å². The molecule has 3 heteroatoms. The standard InChI is InChI=1S/C15H24FNO/c1-5-11(3)10-17(6-2)15-13(12(4)18)8-7-9-14(15)16/h7-9,11-12,18H,5-6,10H2,1-4H3. The Balaban J connectivity index is 3.11. The van der Waals surface area contributed by atoms with Crippen molar-refractivity contribution in [1.82, 2.24) is 0 Å². The zero-order valence-corrected chi connectivity index (χ0v) is 11.8. The van der Waals surface area contributed by atoms with Crippen LogP contribution in [0.2, 0.25) is 0 Å². The molecule has 2 nitrogen and oxygen atoms in total. The van der Waals surface area contributed by atoms with Gasteiger partial charge in [0.1, 0.15) is 5.82 Å². The number of hydrogen-bond acceptors (Lipinski definition) is 2. The number of aliphatic hydroxyl groups is 1. The average Bonchev–Trinajstić information content (AvgIpc) is 2.35. The molecular weight excluding hydrogens is 229 g/mol. The maximum atomic E-state index is 14.0. The smallest absolute Gasteiger partial charge is 0.146 e. The summed E-state index contributed by atoms with van der Waals surface area (Å²) in [5, 5.41) is 9.77. The first-order valence-corrected chi connectivity index (χ1v) is 6.72. The summed E-state index contributed by atoms with van der Waals surface area (Å²) < 4.78 is 14.0. The van der Waals surface area contributed by atoms with Crippen LogP contribution in [0.5, 0.6) is 0 Å². The minimum Gasteiger partial charge on any atom is -0.389 e. The molecule has 0 fully saturated rings. The number of hydrogen-bond donors (Lipinski definition) is 1. The van der Waals surface area contributed by atoms with Crippen LogP contribution in [0.4, 0.5) is 10.1 Å². The Hall–Kier alpha value is -1.09.